The van der Waals surface area contributed by atoms with E-state index in [1.807, 2.05) is 0 Å². The average molecular weight is 285 g/mol. The Morgan fingerprint density at radius 3 is 2.86 bits per heavy atom. The molecule has 5 heteroatoms. The van der Waals surface area contributed by atoms with Crippen LogP contribution >= 0.6 is 0 Å². The summed E-state index contributed by atoms with van der Waals surface area (Å²) in [4.78, 5) is 16.0. The summed E-state index contributed by atoms with van der Waals surface area (Å²) in [7, 11) is 0. The zero-order valence-corrected chi connectivity index (χ0v) is 11.8. The molecule has 0 spiro atoms. The van der Waals surface area contributed by atoms with Crippen molar-refractivity contribution in [3.8, 4) is 0 Å². The van der Waals surface area contributed by atoms with Crippen molar-refractivity contribution in [3.05, 3.63) is 41.4 Å². The number of aliphatic hydroxyl groups is 1. The van der Waals surface area contributed by atoms with Gasteiger partial charge in [0, 0.05) is 29.6 Å². The number of aromatic nitrogens is 1. The smallest absolute Gasteiger partial charge is 0.269 e. The molecule has 1 amide bonds. The first kappa shape index (κ1) is 12.8. The molecule has 0 aliphatic heterocycles. The lowest BCUT2D eigenvalue weighted by atomic mass is 9.58. The number of carbonyl (C=O) groups is 1. The second-order valence-corrected chi connectivity index (χ2v) is 6.64. The normalized spacial score (nSPS) is 33.2. The van der Waals surface area contributed by atoms with Gasteiger partial charge >= 0.3 is 0 Å². The van der Waals surface area contributed by atoms with Gasteiger partial charge in [0.1, 0.15) is 0 Å². The van der Waals surface area contributed by atoms with Crippen LogP contribution in [0.15, 0.2) is 35.8 Å². The Bertz CT molecular complexity index is 613. The summed E-state index contributed by atoms with van der Waals surface area (Å²) in [6, 6.07) is 3.38. The zero-order chi connectivity index (χ0) is 14.4. The fourth-order valence-electron chi connectivity index (χ4n) is 4.37. The minimum absolute atomic E-state index is 0.155. The lowest BCUT2D eigenvalue weighted by Gasteiger charge is -2.52. The topological polar surface area (TPSA) is 74.2 Å². The van der Waals surface area contributed by atoms with Crippen LogP contribution in [0.5, 0.6) is 0 Å². The molecule has 0 aromatic carbocycles. The van der Waals surface area contributed by atoms with Gasteiger partial charge in [-0.15, -0.1) is 0 Å². The average Bonchev–Trinajstić information content (AvgIpc) is 2.45. The number of nitrogens with zero attached hydrogens (tertiary/aromatic N) is 1. The van der Waals surface area contributed by atoms with Crippen molar-refractivity contribution in [2.75, 3.05) is 0 Å². The van der Waals surface area contributed by atoms with Crippen molar-refractivity contribution in [2.45, 2.75) is 37.7 Å². The molecule has 110 valence electrons. The summed E-state index contributed by atoms with van der Waals surface area (Å²) >= 11 is 0. The van der Waals surface area contributed by atoms with E-state index >= 15 is 0 Å². The van der Waals surface area contributed by atoms with Gasteiger partial charge in [-0.05, 0) is 55.7 Å². The van der Waals surface area contributed by atoms with Gasteiger partial charge in [-0.3, -0.25) is 15.2 Å². The third kappa shape index (κ3) is 2.21. The van der Waals surface area contributed by atoms with Crippen molar-refractivity contribution < 1.29 is 9.90 Å². The third-order valence-electron chi connectivity index (χ3n) is 5.03. The van der Waals surface area contributed by atoms with Crippen LogP contribution in [0.3, 0.4) is 0 Å². The molecule has 5 nitrogen and oxygen atoms in total. The maximum atomic E-state index is 12.1. The monoisotopic (exact) mass is 285 g/mol. The van der Waals surface area contributed by atoms with Crippen LogP contribution in [0.2, 0.25) is 0 Å². The van der Waals surface area contributed by atoms with Crippen molar-refractivity contribution in [3.63, 3.8) is 0 Å². The number of hydrazine groups is 1. The molecule has 4 aliphatic carbocycles. The van der Waals surface area contributed by atoms with Crippen LogP contribution in [-0.2, 0) is 0 Å². The Kier molecular flexibility index (Phi) is 2.79. The molecular weight excluding hydrogens is 266 g/mol. The summed E-state index contributed by atoms with van der Waals surface area (Å²) < 4.78 is 0. The van der Waals surface area contributed by atoms with Gasteiger partial charge in [0.15, 0.2) is 0 Å². The first-order chi connectivity index (χ1) is 10.1. The molecule has 0 saturated heterocycles. The first-order valence-electron chi connectivity index (χ1n) is 7.54. The van der Waals surface area contributed by atoms with E-state index in [0.29, 0.717) is 17.4 Å². The molecule has 0 radical (unpaired) electrons. The van der Waals surface area contributed by atoms with E-state index < -0.39 is 5.60 Å². The molecule has 1 aromatic heterocycles. The highest BCUT2D eigenvalue weighted by Crippen LogP contribution is 2.54. The summed E-state index contributed by atoms with van der Waals surface area (Å²) in [6.07, 6.45) is 7.92. The quantitative estimate of drug-likeness (QED) is 0.736. The van der Waals surface area contributed by atoms with Crippen molar-refractivity contribution in [1.29, 1.82) is 0 Å². The Labute approximate surface area is 123 Å². The van der Waals surface area contributed by atoms with E-state index in [2.05, 4.69) is 15.8 Å². The van der Waals surface area contributed by atoms with E-state index in [1.54, 1.807) is 24.5 Å². The van der Waals surface area contributed by atoms with E-state index in [0.717, 1.165) is 37.8 Å². The zero-order valence-electron chi connectivity index (χ0n) is 11.8. The Morgan fingerprint density at radius 1 is 1.33 bits per heavy atom. The summed E-state index contributed by atoms with van der Waals surface area (Å²) in [5.74, 6) is 0.834. The van der Waals surface area contributed by atoms with Crippen LogP contribution in [0.4, 0.5) is 0 Å². The van der Waals surface area contributed by atoms with Crippen LogP contribution in [0.25, 0.3) is 0 Å². The Balaban J connectivity index is 1.49. The molecule has 1 heterocycles. The predicted molar refractivity (Wildman–Crippen MR) is 76.9 cm³/mol. The highest BCUT2D eigenvalue weighted by atomic mass is 16.3. The summed E-state index contributed by atoms with van der Waals surface area (Å²) in [5, 5.41) is 10.5. The number of hydrogen-bond acceptors (Lipinski definition) is 4. The van der Waals surface area contributed by atoms with Gasteiger partial charge in [0.25, 0.3) is 5.91 Å². The number of amides is 1. The second-order valence-electron chi connectivity index (χ2n) is 6.64. The predicted octanol–water partition coefficient (Wildman–Crippen LogP) is 1.52. The van der Waals surface area contributed by atoms with E-state index in [-0.39, 0.29) is 5.91 Å². The minimum atomic E-state index is -0.485. The van der Waals surface area contributed by atoms with Gasteiger partial charge in [-0.1, -0.05) is 0 Å². The standard InChI is InChI=1S/C16H19N3O2/c20-15(11-1-3-17-4-2-11)19-18-14-12-5-10-6-13(14)9-16(21,7-10)8-12/h1-4,10,12,18,21H,5-9H2,(H,19,20). The molecule has 21 heavy (non-hydrogen) atoms. The highest BCUT2D eigenvalue weighted by Gasteiger charge is 2.49. The van der Waals surface area contributed by atoms with Crippen molar-refractivity contribution >= 4 is 5.91 Å². The Morgan fingerprint density at radius 2 is 2.14 bits per heavy atom. The maximum Gasteiger partial charge on any atom is 0.269 e. The fraction of sp³-hybridized carbons (Fsp3) is 0.500. The Hall–Kier alpha value is -1.88. The SMILES string of the molecule is O=C(NNC1=C2CC3CC1CC(O)(C2)C3)c1ccncc1. The number of nitrogens with one attached hydrogen (secondary N) is 2. The number of hydrogen-bond donors (Lipinski definition) is 3. The molecule has 3 N–H and O–H groups in total. The second kappa shape index (κ2) is 4.56. The fourth-order valence-corrected chi connectivity index (χ4v) is 4.37. The molecule has 4 bridgehead atoms. The highest BCUT2D eigenvalue weighted by molar-refractivity contribution is 5.93. The van der Waals surface area contributed by atoms with E-state index in [4.69, 9.17) is 0 Å². The van der Waals surface area contributed by atoms with Crippen LogP contribution in [-0.4, -0.2) is 21.6 Å². The number of pyridine rings is 1. The van der Waals surface area contributed by atoms with Gasteiger partial charge in [-0.2, -0.15) is 0 Å². The third-order valence-corrected chi connectivity index (χ3v) is 5.03. The van der Waals surface area contributed by atoms with Crippen LogP contribution in [0.1, 0.15) is 42.5 Å². The van der Waals surface area contributed by atoms with Gasteiger partial charge in [0.05, 0.1) is 5.60 Å². The molecule has 4 aliphatic rings. The molecule has 3 atom stereocenters. The van der Waals surface area contributed by atoms with Crippen LogP contribution < -0.4 is 10.9 Å². The maximum absolute atomic E-state index is 12.1. The summed E-state index contributed by atoms with van der Waals surface area (Å²) in [5.41, 5.74) is 8.45. The van der Waals surface area contributed by atoms with Crippen LogP contribution in [0, 0.1) is 11.8 Å². The summed E-state index contributed by atoms with van der Waals surface area (Å²) in [6.45, 7) is 0. The van der Waals surface area contributed by atoms with E-state index in [1.165, 1.54) is 5.57 Å². The number of rotatable bonds is 3. The lowest BCUT2D eigenvalue weighted by molar-refractivity contribution is -0.0587. The molecule has 5 rings (SSSR count). The molecule has 2 fully saturated rings. The largest absolute Gasteiger partial charge is 0.390 e. The lowest BCUT2D eigenvalue weighted by Crippen LogP contribution is -2.52. The molecule has 3 unspecified atom stereocenters. The van der Waals surface area contributed by atoms with Gasteiger partial charge in [0.2, 0.25) is 0 Å². The van der Waals surface area contributed by atoms with E-state index in [9.17, 15) is 9.90 Å². The first-order valence-corrected chi connectivity index (χ1v) is 7.54. The van der Waals surface area contributed by atoms with Crippen molar-refractivity contribution in [2.24, 2.45) is 11.8 Å². The minimum Gasteiger partial charge on any atom is -0.390 e. The molecule has 1 aromatic rings. The number of allylic oxidation sites excluding steroid dienone is 1. The van der Waals surface area contributed by atoms with Gasteiger partial charge < -0.3 is 10.5 Å². The van der Waals surface area contributed by atoms with Crippen molar-refractivity contribution in [1.82, 2.24) is 15.8 Å². The molecule has 2 saturated carbocycles. The van der Waals surface area contributed by atoms with Gasteiger partial charge in [-0.25, -0.2) is 0 Å². The number of carbonyl (C=O) groups excluding carboxylic acids is 1. The molecular formula is C16H19N3O2.